The van der Waals surface area contributed by atoms with E-state index < -0.39 is 0 Å². The fourth-order valence-electron chi connectivity index (χ4n) is 3.70. The number of nitrogens with zero attached hydrogens (tertiary/aromatic N) is 1. The van der Waals surface area contributed by atoms with Crippen LogP contribution in [-0.2, 0) is 11.3 Å². The molecule has 2 aliphatic heterocycles. The van der Waals surface area contributed by atoms with Crippen LogP contribution < -0.4 is 9.47 Å². The summed E-state index contributed by atoms with van der Waals surface area (Å²) < 4.78 is 16.4. The first-order valence-electron chi connectivity index (χ1n) is 9.04. The predicted octanol–water partition coefficient (Wildman–Crippen LogP) is 3.58. The number of methoxy groups -OCH3 is 1. The summed E-state index contributed by atoms with van der Waals surface area (Å²) >= 11 is 0. The van der Waals surface area contributed by atoms with Crippen molar-refractivity contribution in [1.82, 2.24) is 4.90 Å². The van der Waals surface area contributed by atoms with Crippen LogP contribution >= 0.6 is 0 Å². The predicted molar refractivity (Wildman–Crippen MR) is 97.6 cm³/mol. The number of hydrogen-bond donors (Lipinski definition) is 0. The Balaban J connectivity index is 1.55. The zero-order chi connectivity index (χ0) is 17.9. The maximum absolute atomic E-state index is 13.0. The molecule has 5 nitrogen and oxygen atoms in total. The number of fused-ring (bicyclic) bond motifs is 1. The fourth-order valence-corrected chi connectivity index (χ4v) is 3.70. The topological polar surface area (TPSA) is 48.0 Å². The molecule has 0 unspecified atom stereocenters. The van der Waals surface area contributed by atoms with Gasteiger partial charge in [0.2, 0.25) is 0 Å². The van der Waals surface area contributed by atoms with E-state index in [0.717, 1.165) is 42.0 Å². The molecule has 0 N–H and O–H groups in total. The number of amides is 1. The third kappa shape index (κ3) is 3.27. The van der Waals surface area contributed by atoms with E-state index in [0.29, 0.717) is 25.4 Å². The second-order valence-electron chi connectivity index (χ2n) is 6.69. The second kappa shape index (κ2) is 7.38. The minimum atomic E-state index is 0.0753. The minimum absolute atomic E-state index is 0.0753. The molecule has 1 fully saturated rings. The van der Waals surface area contributed by atoms with E-state index in [1.807, 2.05) is 47.4 Å². The molecule has 4 rings (SSSR count). The van der Waals surface area contributed by atoms with E-state index in [9.17, 15) is 4.79 Å². The van der Waals surface area contributed by atoms with Crippen molar-refractivity contribution < 1.29 is 19.0 Å². The van der Waals surface area contributed by atoms with Gasteiger partial charge in [-0.3, -0.25) is 4.79 Å². The molecule has 0 bridgehead atoms. The van der Waals surface area contributed by atoms with Crippen LogP contribution in [0.5, 0.6) is 11.5 Å². The lowest BCUT2D eigenvalue weighted by molar-refractivity contribution is 0.0735. The van der Waals surface area contributed by atoms with Crippen LogP contribution in [0, 0.1) is 0 Å². The summed E-state index contributed by atoms with van der Waals surface area (Å²) in [5.41, 5.74) is 2.89. The summed E-state index contributed by atoms with van der Waals surface area (Å²) in [7, 11) is 1.67. The quantitative estimate of drug-likeness (QED) is 0.843. The average molecular weight is 353 g/mol. The van der Waals surface area contributed by atoms with Crippen LogP contribution in [0.3, 0.4) is 0 Å². The highest BCUT2D eigenvalue weighted by Crippen LogP contribution is 2.38. The molecule has 2 aromatic rings. The minimum Gasteiger partial charge on any atom is -0.486 e. The third-order valence-electron chi connectivity index (χ3n) is 4.98. The summed E-state index contributed by atoms with van der Waals surface area (Å²) in [6.45, 7) is 2.48. The van der Waals surface area contributed by atoms with Crippen molar-refractivity contribution in [2.24, 2.45) is 0 Å². The van der Waals surface area contributed by atoms with Gasteiger partial charge in [0.1, 0.15) is 13.2 Å². The Labute approximate surface area is 153 Å². The van der Waals surface area contributed by atoms with E-state index in [4.69, 9.17) is 14.2 Å². The summed E-state index contributed by atoms with van der Waals surface area (Å²) in [4.78, 5) is 15.0. The molecule has 0 radical (unpaired) electrons. The Morgan fingerprint density at radius 1 is 1.12 bits per heavy atom. The van der Waals surface area contributed by atoms with E-state index in [1.54, 1.807) is 7.11 Å². The van der Waals surface area contributed by atoms with E-state index in [1.165, 1.54) is 0 Å². The molecule has 0 aromatic heterocycles. The highest BCUT2D eigenvalue weighted by atomic mass is 16.6. The molecule has 136 valence electrons. The Morgan fingerprint density at radius 3 is 2.65 bits per heavy atom. The van der Waals surface area contributed by atoms with Crippen molar-refractivity contribution in [3.8, 4) is 11.5 Å². The molecule has 2 aliphatic rings. The number of benzene rings is 2. The molecular formula is C21H23NO4. The Hall–Kier alpha value is -2.53. The zero-order valence-corrected chi connectivity index (χ0v) is 14.9. The van der Waals surface area contributed by atoms with E-state index in [2.05, 4.69) is 0 Å². The molecule has 2 heterocycles. The first-order chi connectivity index (χ1) is 12.8. The number of rotatable bonds is 4. The highest BCUT2D eigenvalue weighted by Gasteiger charge is 2.31. The van der Waals surface area contributed by atoms with Crippen molar-refractivity contribution in [2.45, 2.75) is 25.5 Å². The van der Waals surface area contributed by atoms with Crippen LogP contribution in [0.4, 0.5) is 0 Å². The second-order valence-corrected chi connectivity index (χ2v) is 6.69. The summed E-state index contributed by atoms with van der Waals surface area (Å²) in [5, 5.41) is 0. The summed E-state index contributed by atoms with van der Waals surface area (Å²) in [6.07, 6.45) is 1.97. The lowest BCUT2D eigenvalue weighted by Crippen LogP contribution is -2.30. The van der Waals surface area contributed by atoms with Crippen molar-refractivity contribution in [2.75, 3.05) is 26.9 Å². The van der Waals surface area contributed by atoms with E-state index in [-0.39, 0.29) is 11.9 Å². The smallest absolute Gasteiger partial charge is 0.254 e. The molecule has 2 aromatic carbocycles. The average Bonchev–Trinajstić information content (AvgIpc) is 3.18. The van der Waals surface area contributed by atoms with Gasteiger partial charge in [0, 0.05) is 19.2 Å². The molecule has 0 saturated carbocycles. The summed E-state index contributed by atoms with van der Waals surface area (Å²) in [6, 6.07) is 13.8. The first-order valence-corrected chi connectivity index (χ1v) is 9.04. The van der Waals surface area contributed by atoms with Gasteiger partial charge in [0.05, 0.1) is 12.6 Å². The number of carbonyl (C=O) groups excluding carboxylic acids is 1. The van der Waals surface area contributed by atoms with Gasteiger partial charge in [-0.1, -0.05) is 18.2 Å². The molecule has 26 heavy (non-hydrogen) atoms. The highest BCUT2D eigenvalue weighted by molar-refractivity contribution is 5.94. The lowest BCUT2D eigenvalue weighted by atomic mass is 10.0. The number of carbonyl (C=O) groups is 1. The summed E-state index contributed by atoms with van der Waals surface area (Å²) in [5.74, 6) is 1.63. The maximum Gasteiger partial charge on any atom is 0.254 e. The van der Waals surface area contributed by atoms with Gasteiger partial charge in [-0.05, 0) is 48.2 Å². The largest absolute Gasteiger partial charge is 0.486 e. The van der Waals surface area contributed by atoms with Gasteiger partial charge in [0.15, 0.2) is 11.5 Å². The molecule has 0 aliphatic carbocycles. The van der Waals surface area contributed by atoms with Gasteiger partial charge in [0.25, 0.3) is 5.91 Å². The number of ether oxygens (including phenoxy) is 3. The van der Waals surface area contributed by atoms with Gasteiger partial charge in [-0.15, -0.1) is 0 Å². The SMILES string of the molecule is COCc1ccc(C(=O)N2CCC[C@@H]2c2ccc3c(c2)OCCO3)cc1. The normalized spacial score (nSPS) is 18.8. The van der Waals surface area contributed by atoms with Gasteiger partial charge in [-0.2, -0.15) is 0 Å². The first kappa shape index (κ1) is 16.9. The third-order valence-corrected chi connectivity index (χ3v) is 4.98. The van der Waals surface area contributed by atoms with Crippen LogP contribution in [0.25, 0.3) is 0 Å². The zero-order valence-electron chi connectivity index (χ0n) is 14.9. The van der Waals surface area contributed by atoms with Gasteiger partial charge in [-0.25, -0.2) is 0 Å². The number of hydrogen-bond acceptors (Lipinski definition) is 4. The van der Waals surface area contributed by atoms with Crippen molar-refractivity contribution in [3.63, 3.8) is 0 Å². The van der Waals surface area contributed by atoms with Crippen LogP contribution in [0.15, 0.2) is 42.5 Å². The standard InChI is InChI=1S/C21H23NO4/c1-24-14-15-4-6-16(7-5-15)21(23)22-10-2-3-18(22)17-8-9-19-20(13-17)26-12-11-25-19/h4-9,13,18H,2-3,10-12,14H2,1H3/t18-/m1/s1. The Morgan fingerprint density at radius 2 is 1.88 bits per heavy atom. The monoisotopic (exact) mass is 353 g/mol. The molecule has 1 atom stereocenters. The number of likely N-dealkylation sites (tertiary alicyclic amines) is 1. The van der Waals surface area contributed by atoms with Crippen LogP contribution in [-0.4, -0.2) is 37.7 Å². The molecule has 1 saturated heterocycles. The Bertz CT molecular complexity index is 787. The van der Waals surface area contributed by atoms with Gasteiger partial charge < -0.3 is 19.1 Å². The van der Waals surface area contributed by atoms with Crippen molar-refractivity contribution >= 4 is 5.91 Å². The fraction of sp³-hybridized carbons (Fsp3) is 0.381. The maximum atomic E-state index is 13.0. The molecule has 0 spiro atoms. The van der Waals surface area contributed by atoms with Crippen molar-refractivity contribution in [3.05, 3.63) is 59.2 Å². The molecular weight excluding hydrogens is 330 g/mol. The van der Waals surface area contributed by atoms with Crippen molar-refractivity contribution in [1.29, 1.82) is 0 Å². The molecule has 1 amide bonds. The van der Waals surface area contributed by atoms with Gasteiger partial charge >= 0.3 is 0 Å². The van der Waals surface area contributed by atoms with Crippen LogP contribution in [0.1, 0.15) is 40.4 Å². The lowest BCUT2D eigenvalue weighted by Gasteiger charge is -2.27. The van der Waals surface area contributed by atoms with Crippen LogP contribution in [0.2, 0.25) is 0 Å². The van der Waals surface area contributed by atoms with E-state index >= 15 is 0 Å². The molecule has 5 heteroatoms. The Kier molecular flexibility index (Phi) is 4.80.